The number of nitrogens with two attached hydrogens (primary N) is 1. The van der Waals surface area contributed by atoms with Crippen LogP contribution in [0.5, 0.6) is 0 Å². The van der Waals surface area contributed by atoms with Gasteiger partial charge in [0.2, 0.25) is 0 Å². The molecule has 0 saturated heterocycles. The van der Waals surface area contributed by atoms with Gasteiger partial charge in [-0.15, -0.1) is 0 Å². The smallest absolute Gasteiger partial charge is 0.0417 e. The summed E-state index contributed by atoms with van der Waals surface area (Å²) in [4.78, 5) is 2.41. The van der Waals surface area contributed by atoms with Crippen LogP contribution in [-0.4, -0.2) is 13.1 Å². The van der Waals surface area contributed by atoms with Gasteiger partial charge in [0.05, 0.1) is 0 Å². The zero-order chi connectivity index (χ0) is 11.5. The van der Waals surface area contributed by atoms with Gasteiger partial charge in [-0.05, 0) is 50.3 Å². The van der Waals surface area contributed by atoms with Crippen LogP contribution in [0.1, 0.15) is 43.9 Å². The Bertz CT molecular complexity index is 356. The topological polar surface area (TPSA) is 29.3 Å². The molecule has 1 aliphatic rings. The van der Waals surface area contributed by atoms with Crippen LogP contribution in [0.25, 0.3) is 0 Å². The lowest BCUT2D eigenvalue weighted by Gasteiger charge is -2.31. The van der Waals surface area contributed by atoms with E-state index in [1.54, 1.807) is 0 Å². The van der Waals surface area contributed by atoms with E-state index in [1.807, 2.05) is 0 Å². The monoisotopic (exact) mass is 218 g/mol. The first-order valence-electron chi connectivity index (χ1n) is 6.40. The second-order valence-electron chi connectivity index (χ2n) is 4.52. The second-order valence-corrected chi connectivity index (χ2v) is 4.52. The van der Waals surface area contributed by atoms with Crippen LogP contribution in [0.3, 0.4) is 0 Å². The molecule has 88 valence electrons. The first kappa shape index (κ1) is 11.5. The summed E-state index contributed by atoms with van der Waals surface area (Å²) in [6.45, 7) is 6.52. The molecule has 0 heterocycles. The van der Waals surface area contributed by atoms with E-state index in [0.29, 0.717) is 0 Å². The highest BCUT2D eigenvalue weighted by Gasteiger charge is 2.21. The molecule has 0 spiro atoms. The van der Waals surface area contributed by atoms with Crippen molar-refractivity contribution < 1.29 is 0 Å². The van der Waals surface area contributed by atoms with Gasteiger partial charge in [0.25, 0.3) is 0 Å². The maximum atomic E-state index is 6.27. The third-order valence-electron chi connectivity index (χ3n) is 3.61. The molecular formula is C14H22N2. The summed E-state index contributed by atoms with van der Waals surface area (Å²) in [6.07, 6.45) is 3.55. The van der Waals surface area contributed by atoms with E-state index < -0.39 is 0 Å². The number of hydrogen-bond acceptors (Lipinski definition) is 2. The van der Waals surface area contributed by atoms with Crippen LogP contribution in [0, 0.1) is 0 Å². The lowest BCUT2D eigenvalue weighted by atomic mass is 9.86. The molecule has 1 aromatic carbocycles. The van der Waals surface area contributed by atoms with Crippen molar-refractivity contribution in [3.05, 3.63) is 29.3 Å². The molecule has 0 aromatic heterocycles. The van der Waals surface area contributed by atoms with E-state index in [2.05, 4.69) is 36.9 Å². The van der Waals surface area contributed by atoms with E-state index in [0.717, 1.165) is 19.5 Å². The van der Waals surface area contributed by atoms with Gasteiger partial charge < -0.3 is 10.6 Å². The minimum Gasteiger partial charge on any atom is -0.372 e. The van der Waals surface area contributed by atoms with Gasteiger partial charge >= 0.3 is 0 Å². The van der Waals surface area contributed by atoms with Gasteiger partial charge in [-0.25, -0.2) is 0 Å². The molecule has 1 atom stereocenters. The molecule has 0 aliphatic heterocycles. The number of anilines is 1. The van der Waals surface area contributed by atoms with E-state index in [1.165, 1.54) is 29.7 Å². The van der Waals surface area contributed by atoms with Crippen molar-refractivity contribution in [3.63, 3.8) is 0 Å². The average Bonchev–Trinajstić information content (AvgIpc) is 2.31. The molecule has 2 heteroatoms. The molecule has 2 nitrogen and oxygen atoms in total. The van der Waals surface area contributed by atoms with Gasteiger partial charge in [-0.1, -0.05) is 12.1 Å². The number of hydrogen-bond donors (Lipinski definition) is 1. The fourth-order valence-electron chi connectivity index (χ4n) is 2.74. The minimum atomic E-state index is 0.237. The van der Waals surface area contributed by atoms with Gasteiger partial charge in [0, 0.05) is 24.8 Å². The fraction of sp³-hybridized carbons (Fsp3) is 0.571. The van der Waals surface area contributed by atoms with Crippen LogP contribution in [0.15, 0.2) is 18.2 Å². The predicted molar refractivity (Wildman–Crippen MR) is 69.9 cm³/mol. The minimum absolute atomic E-state index is 0.237. The lowest BCUT2D eigenvalue weighted by molar-refractivity contribution is 0.568. The molecular weight excluding hydrogens is 196 g/mol. The van der Waals surface area contributed by atoms with Crippen molar-refractivity contribution in [1.82, 2.24) is 0 Å². The highest BCUT2D eigenvalue weighted by Crippen LogP contribution is 2.35. The summed E-state index contributed by atoms with van der Waals surface area (Å²) in [7, 11) is 0. The molecule has 0 saturated carbocycles. The molecule has 2 rings (SSSR count). The molecule has 1 unspecified atom stereocenters. The fourth-order valence-corrected chi connectivity index (χ4v) is 2.74. The lowest BCUT2D eigenvalue weighted by Crippen LogP contribution is -2.27. The Hall–Kier alpha value is -1.02. The summed E-state index contributed by atoms with van der Waals surface area (Å²) in [5, 5.41) is 0. The van der Waals surface area contributed by atoms with E-state index in [-0.39, 0.29) is 6.04 Å². The van der Waals surface area contributed by atoms with Crippen molar-refractivity contribution in [2.24, 2.45) is 5.73 Å². The summed E-state index contributed by atoms with van der Waals surface area (Å²) in [6, 6.07) is 6.86. The van der Waals surface area contributed by atoms with Gasteiger partial charge in [-0.2, -0.15) is 0 Å². The summed E-state index contributed by atoms with van der Waals surface area (Å²) in [5.74, 6) is 0. The Kier molecular flexibility index (Phi) is 3.49. The zero-order valence-electron chi connectivity index (χ0n) is 10.4. The van der Waals surface area contributed by atoms with Crippen LogP contribution in [0.2, 0.25) is 0 Å². The number of fused-ring (bicyclic) bond motifs is 1. The van der Waals surface area contributed by atoms with Crippen molar-refractivity contribution in [3.8, 4) is 0 Å². The van der Waals surface area contributed by atoms with Crippen molar-refractivity contribution in [2.75, 3.05) is 18.0 Å². The Morgan fingerprint density at radius 2 is 2.06 bits per heavy atom. The third-order valence-corrected chi connectivity index (χ3v) is 3.61. The largest absolute Gasteiger partial charge is 0.372 e. The van der Waals surface area contributed by atoms with E-state index in [4.69, 9.17) is 5.73 Å². The zero-order valence-corrected chi connectivity index (χ0v) is 10.4. The summed E-state index contributed by atoms with van der Waals surface area (Å²) >= 11 is 0. The van der Waals surface area contributed by atoms with Crippen LogP contribution >= 0.6 is 0 Å². The van der Waals surface area contributed by atoms with Crippen molar-refractivity contribution >= 4 is 5.69 Å². The Labute approximate surface area is 98.4 Å². The third kappa shape index (κ3) is 1.94. The first-order chi connectivity index (χ1) is 7.77. The maximum Gasteiger partial charge on any atom is 0.0417 e. The highest BCUT2D eigenvalue weighted by molar-refractivity contribution is 5.59. The number of benzene rings is 1. The average molecular weight is 218 g/mol. The molecule has 0 bridgehead atoms. The first-order valence-corrected chi connectivity index (χ1v) is 6.40. The van der Waals surface area contributed by atoms with Gasteiger partial charge in [0.1, 0.15) is 0 Å². The molecule has 2 N–H and O–H groups in total. The summed E-state index contributed by atoms with van der Waals surface area (Å²) < 4.78 is 0. The Balaban J connectivity index is 2.45. The highest BCUT2D eigenvalue weighted by atomic mass is 15.1. The van der Waals surface area contributed by atoms with E-state index in [9.17, 15) is 0 Å². The van der Waals surface area contributed by atoms with Crippen molar-refractivity contribution in [2.45, 2.75) is 39.2 Å². The molecule has 0 fully saturated rings. The normalized spacial score (nSPS) is 19.3. The Morgan fingerprint density at radius 3 is 2.75 bits per heavy atom. The van der Waals surface area contributed by atoms with E-state index >= 15 is 0 Å². The molecule has 0 amide bonds. The molecule has 0 radical (unpaired) electrons. The van der Waals surface area contributed by atoms with Crippen LogP contribution in [0.4, 0.5) is 5.69 Å². The van der Waals surface area contributed by atoms with Gasteiger partial charge in [-0.3, -0.25) is 0 Å². The number of rotatable bonds is 3. The van der Waals surface area contributed by atoms with Crippen LogP contribution < -0.4 is 10.6 Å². The molecule has 1 aromatic rings. The van der Waals surface area contributed by atoms with Crippen molar-refractivity contribution in [1.29, 1.82) is 0 Å². The maximum absolute atomic E-state index is 6.27. The summed E-state index contributed by atoms with van der Waals surface area (Å²) in [5.41, 5.74) is 10.5. The quantitative estimate of drug-likeness (QED) is 0.845. The second kappa shape index (κ2) is 4.88. The standard InChI is InChI=1S/C14H22N2/c1-3-16(4-2)13-10-6-8-11-7-5-9-12(15)14(11)13/h6,8,10,12H,3-5,7,9,15H2,1-2H3. The molecule has 1 aliphatic carbocycles. The predicted octanol–water partition coefficient (Wildman–Crippen LogP) is 2.87. The Morgan fingerprint density at radius 1 is 1.31 bits per heavy atom. The van der Waals surface area contributed by atoms with Gasteiger partial charge in [0.15, 0.2) is 0 Å². The number of aryl methyl sites for hydroxylation is 1. The SMILES string of the molecule is CCN(CC)c1cccc2c1C(N)CCC2. The molecule has 16 heavy (non-hydrogen) atoms. The van der Waals surface area contributed by atoms with Crippen LogP contribution in [-0.2, 0) is 6.42 Å². The number of nitrogens with zero attached hydrogens (tertiary/aromatic N) is 1.